The van der Waals surface area contributed by atoms with Gasteiger partial charge in [-0.05, 0) is 77.0 Å². The average molecular weight is 374 g/mol. The molecule has 0 atom stereocenters. The summed E-state index contributed by atoms with van der Waals surface area (Å²) >= 11 is 3.39. The van der Waals surface area contributed by atoms with Crippen molar-refractivity contribution in [2.75, 3.05) is 13.2 Å². The number of amides is 1. The Kier molecular flexibility index (Phi) is 5.34. The first kappa shape index (κ1) is 16.1. The second kappa shape index (κ2) is 7.64. The first-order valence-electron chi connectivity index (χ1n) is 8.01. The maximum atomic E-state index is 12.1. The Morgan fingerprint density at radius 3 is 2.70 bits per heavy atom. The fraction of sp³-hybridized carbons (Fsp3) is 0.316. The Bertz CT molecular complexity index is 700. The van der Waals surface area contributed by atoms with E-state index < -0.39 is 0 Å². The normalized spacial score (nSPS) is 13.3. The molecule has 0 unspecified atom stereocenters. The molecule has 2 aromatic rings. The molecule has 0 aromatic heterocycles. The molecule has 1 amide bonds. The highest BCUT2D eigenvalue weighted by molar-refractivity contribution is 9.10. The van der Waals surface area contributed by atoms with Crippen molar-refractivity contribution in [2.24, 2.45) is 0 Å². The monoisotopic (exact) mass is 373 g/mol. The molecule has 0 heterocycles. The fourth-order valence-corrected chi connectivity index (χ4v) is 3.34. The van der Waals surface area contributed by atoms with E-state index in [0.717, 1.165) is 16.6 Å². The number of fused-ring (bicyclic) bond motifs is 1. The lowest BCUT2D eigenvalue weighted by molar-refractivity contribution is 0.0946. The Hall–Kier alpha value is -1.81. The Morgan fingerprint density at radius 1 is 1.09 bits per heavy atom. The van der Waals surface area contributed by atoms with E-state index >= 15 is 0 Å². The van der Waals surface area contributed by atoms with Gasteiger partial charge in [-0.3, -0.25) is 4.79 Å². The second-order valence-electron chi connectivity index (χ2n) is 5.72. The Morgan fingerprint density at radius 2 is 1.87 bits per heavy atom. The topological polar surface area (TPSA) is 38.3 Å². The summed E-state index contributed by atoms with van der Waals surface area (Å²) in [5.74, 6) is 0.798. The summed E-state index contributed by atoms with van der Waals surface area (Å²) in [4.78, 5) is 12.1. The Balaban J connectivity index is 1.48. The molecule has 0 spiro atoms. The SMILES string of the molecule is O=C(NCCOc1ccc2c(c1)CCCC2)c1ccccc1Br. The van der Waals surface area contributed by atoms with E-state index in [1.54, 1.807) is 6.07 Å². The van der Waals surface area contributed by atoms with E-state index in [0.29, 0.717) is 18.7 Å². The highest BCUT2D eigenvalue weighted by Gasteiger charge is 2.10. The van der Waals surface area contributed by atoms with Crippen molar-refractivity contribution in [3.63, 3.8) is 0 Å². The van der Waals surface area contributed by atoms with Crippen LogP contribution in [-0.4, -0.2) is 19.1 Å². The number of hydrogen-bond donors (Lipinski definition) is 1. The molecule has 23 heavy (non-hydrogen) atoms. The van der Waals surface area contributed by atoms with Crippen molar-refractivity contribution in [1.29, 1.82) is 0 Å². The number of benzene rings is 2. The third-order valence-corrected chi connectivity index (χ3v) is 4.79. The zero-order chi connectivity index (χ0) is 16.1. The van der Waals surface area contributed by atoms with Crippen LogP contribution in [-0.2, 0) is 12.8 Å². The molecule has 0 bridgehead atoms. The highest BCUT2D eigenvalue weighted by atomic mass is 79.9. The van der Waals surface area contributed by atoms with E-state index in [1.165, 1.54) is 30.4 Å². The van der Waals surface area contributed by atoms with Crippen molar-refractivity contribution < 1.29 is 9.53 Å². The van der Waals surface area contributed by atoms with Crippen molar-refractivity contribution in [1.82, 2.24) is 5.32 Å². The maximum absolute atomic E-state index is 12.1. The molecule has 2 aromatic carbocycles. The van der Waals surface area contributed by atoms with Gasteiger partial charge in [0.15, 0.2) is 0 Å². The molecule has 3 nitrogen and oxygen atoms in total. The molecule has 0 radical (unpaired) electrons. The molecule has 0 fully saturated rings. The van der Waals surface area contributed by atoms with Crippen LogP contribution in [0.15, 0.2) is 46.9 Å². The number of halogens is 1. The molecule has 0 aliphatic heterocycles. The van der Waals surface area contributed by atoms with Crippen molar-refractivity contribution in [3.8, 4) is 5.75 Å². The fourth-order valence-electron chi connectivity index (χ4n) is 2.87. The first-order chi connectivity index (χ1) is 11.2. The molecule has 4 heteroatoms. The van der Waals surface area contributed by atoms with Crippen LogP contribution in [0.25, 0.3) is 0 Å². The van der Waals surface area contributed by atoms with E-state index in [-0.39, 0.29) is 5.91 Å². The van der Waals surface area contributed by atoms with Crippen molar-refractivity contribution in [3.05, 3.63) is 63.6 Å². The van der Waals surface area contributed by atoms with E-state index in [9.17, 15) is 4.79 Å². The maximum Gasteiger partial charge on any atom is 0.252 e. The van der Waals surface area contributed by atoms with Gasteiger partial charge in [0.2, 0.25) is 0 Å². The largest absolute Gasteiger partial charge is 0.492 e. The molecule has 120 valence electrons. The second-order valence-corrected chi connectivity index (χ2v) is 6.58. The first-order valence-corrected chi connectivity index (χ1v) is 8.80. The summed E-state index contributed by atoms with van der Waals surface area (Å²) in [6.45, 7) is 0.951. The number of hydrogen-bond acceptors (Lipinski definition) is 2. The van der Waals surface area contributed by atoms with Gasteiger partial charge in [0, 0.05) is 4.47 Å². The summed E-state index contributed by atoms with van der Waals surface area (Å²) < 4.78 is 6.56. The molecular formula is C19H20BrNO2. The molecular weight excluding hydrogens is 354 g/mol. The van der Waals surface area contributed by atoms with Crippen LogP contribution in [0.5, 0.6) is 5.75 Å². The number of ether oxygens (including phenoxy) is 1. The summed E-state index contributed by atoms with van der Waals surface area (Å²) in [5, 5.41) is 2.88. The summed E-state index contributed by atoms with van der Waals surface area (Å²) in [6.07, 6.45) is 4.87. The molecule has 1 aliphatic rings. The molecule has 0 saturated carbocycles. The van der Waals surface area contributed by atoms with Crippen LogP contribution in [0.4, 0.5) is 0 Å². The minimum atomic E-state index is -0.0912. The highest BCUT2D eigenvalue weighted by Crippen LogP contribution is 2.25. The van der Waals surface area contributed by atoms with Gasteiger partial charge in [0.05, 0.1) is 12.1 Å². The third kappa shape index (κ3) is 4.14. The van der Waals surface area contributed by atoms with Crippen molar-refractivity contribution >= 4 is 21.8 Å². The van der Waals surface area contributed by atoms with Gasteiger partial charge in [-0.15, -0.1) is 0 Å². The lowest BCUT2D eigenvalue weighted by atomic mass is 9.92. The smallest absolute Gasteiger partial charge is 0.252 e. The van der Waals surface area contributed by atoms with Crippen LogP contribution in [0, 0.1) is 0 Å². The lowest BCUT2D eigenvalue weighted by Gasteiger charge is -2.17. The van der Waals surface area contributed by atoms with Crippen LogP contribution in [0.3, 0.4) is 0 Å². The van der Waals surface area contributed by atoms with Gasteiger partial charge in [0.1, 0.15) is 12.4 Å². The zero-order valence-corrected chi connectivity index (χ0v) is 14.6. The number of aryl methyl sites for hydroxylation is 2. The van der Waals surface area contributed by atoms with Gasteiger partial charge < -0.3 is 10.1 Å². The lowest BCUT2D eigenvalue weighted by Crippen LogP contribution is -2.28. The number of carbonyl (C=O) groups excluding carboxylic acids is 1. The van der Waals surface area contributed by atoms with Crippen LogP contribution >= 0.6 is 15.9 Å². The Labute approximate surface area is 145 Å². The minimum Gasteiger partial charge on any atom is -0.492 e. The van der Waals surface area contributed by atoms with Gasteiger partial charge in [-0.25, -0.2) is 0 Å². The van der Waals surface area contributed by atoms with Gasteiger partial charge in [0.25, 0.3) is 5.91 Å². The molecule has 3 rings (SSSR count). The predicted octanol–water partition coefficient (Wildman–Crippen LogP) is 4.14. The standard InChI is InChI=1S/C19H20BrNO2/c20-18-8-4-3-7-17(18)19(22)21-11-12-23-16-10-9-14-5-1-2-6-15(14)13-16/h3-4,7-10,13H,1-2,5-6,11-12H2,(H,21,22). The van der Waals surface area contributed by atoms with Crippen molar-refractivity contribution in [2.45, 2.75) is 25.7 Å². The zero-order valence-electron chi connectivity index (χ0n) is 13.0. The summed E-state index contributed by atoms with van der Waals surface area (Å²) in [7, 11) is 0. The van der Waals surface area contributed by atoms with Crippen LogP contribution in [0.2, 0.25) is 0 Å². The number of rotatable bonds is 5. The molecule has 0 saturated heterocycles. The third-order valence-electron chi connectivity index (χ3n) is 4.09. The van der Waals surface area contributed by atoms with E-state index in [1.807, 2.05) is 24.3 Å². The number of carbonyl (C=O) groups is 1. The van der Waals surface area contributed by atoms with E-state index in [4.69, 9.17) is 4.74 Å². The van der Waals surface area contributed by atoms with Crippen LogP contribution in [0.1, 0.15) is 34.3 Å². The minimum absolute atomic E-state index is 0.0912. The van der Waals surface area contributed by atoms with Gasteiger partial charge in [-0.2, -0.15) is 0 Å². The van der Waals surface area contributed by atoms with E-state index in [2.05, 4.69) is 33.4 Å². The quantitative estimate of drug-likeness (QED) is 0.799. The van der Waals surface area contributed by atoms with Gasteiger partial charge in [-0.1, -0.05) is 18.2 Å². The average Bonchev–Trinajstić information content (AvgIpc) is 2.59. The summed E-state index contributed by atoms with van der Waals surface area (Å²) in [6, 6.07) is 13.7. The van der Waals surface area contributed by atoms with Gasteiger partial charge >= 0.3 is 0 Å². The predicted molar refractivity (Wildman–Crippen MR) is 95.1 cm³/mol. The molecule has 1 aliphatic carbocycles. The summed E-state index contributed by atoms with van der Waals surface area (Å²) in [5.41, 5.74) is 3.50. The number of nitrogens with one attached hydrogen (secondary N) is 1. The molecule has 1 N–H and O–H groups in total. The van der Waals surface area contributed by atoms with Crippen LogP contribution < -0.4 is 10.1 Å².